The van der Waals surface area contributed by atoms with Crippen molar-refractivity contribution >= 4 is 0 Å². The molecular weight excluding hydrogens is 505 g/mol. The Morgan fingerprint density at radius 2 is 1.34 bits per heavy atom. The average Bonchev–Trinajstić information content (AvgIpc) is 3.00. The third kappa shape index (κ3) is 10.5. The fraction of sp³-hybridized carbons (Fsp3) is 0.658. The van der Waals surface area contributed by atoms with Gasteiger partial charge in [-0.2, -0.15) is 5.26 Å². The van der Waals surface area contributed by atoms with E-state index in [1.807, 2.05) is 18.2 Å². The van der Waals surface area contributed by atoms with Crippen LogP contribution < -0.4 is 4.74 Å². The van der Waals surface area contributed by atoms with Crippen LogP contribution in [0.5, 0.6) is 5.75 Å². The average molecular weight is 562 g/mol. The van der Waals surface area contributed by atoms with Gasteiger partial charge in [0.2, 0.25) is 0 Å². The number of methoxy groups -OCH3 is 1. The van der Waals surface area contributed by atoms with Crippen LogP contribution in [0, 0.1) is 23.1 Å². The van der Waals surface area contributed by atoms with E-state index in [1.54, 1.807) is 0 Å². The van der Waals surface area contributed by atoms with E-state index in [-0.39, 0.29) is 11.6 Å². The second kappa shape index (κ2) is 19.0. The lowest BCUT2D eigenvalue weighted by atomic mass is 9.76. The van der Waals surface area contributed by atoms with Crippen molar-refractivity contribution in [3.05, 3.63) is 52.8 Å². The zero-order valence-corrected chi connectivity index (χ0v) is 26.4. The van der Waals surface area contributed by atoms with Crippen molar-refractivity contribution in [1.29, 1.82) is 5.26 Å². The van der Waals surface area contributed by atoms with Gasteiger partial charge in [0.05, 0.1) is 18.7 Å². The van der Waals surface area contributed by atoms with Gasteiger partial charge in [-0.3, -0.25) is 0 Å². The summed E-state index contributed by atoms with van der Waals surface area (Å²) in [7, 11) is 1.53. The number of rotatable bonds is 19. The number of benzene rings is 2. The standard InChI is InChI=1S/C38H56FNO/c1-4-6-8-10-12-14-16-18-30-20-22-31(23-21-30)33-25-26-35(34(28-33)29-40)36-27-24-32(37(39)38(36)41-3)19-17-15-13-11-9-7-5-2/h24-28,30-31H,4-23H2,1-3H3. The van der Waals surface area contributed by atoms with Crippen LogP contribution in [-0.4, -0.2) is 7.11 Å². The maximum absolute atomic E-state index is 15.5. The molecule has 3 rings (SSSR count). The molecule has 0 radical (unpaired) electrons. The van der Waals surface area contributed by atoms with Gasteiger partial charge >= 0.3 is 0 Å². The first-order valence-corrected chi connectivity index (χ1v) is 17.0. The van der Waals surface area contributed by atoms with E-state index < -0.39 is 0 Å². The molecule has 0 saturated heterocycles. The van der Waals surface area contributed by atoms with Gasteiger partial charge in [0, 0.05) is 11.1 Å². The minimum absolute atomic E-state index is 0.264. The third-order valence-corrected chi connectivity index (χ3v) is 9.42. The number of hydrogen-bond acceptors (Lipinski definition) is 2. The molecule has 226 valence electrons. The second-order valence-corrected chi connectivity index (χ2v) is 12.5. The summed E-state index contributed by atoms with van der Waals surface area (Å²) in [6, 6.07) is 12.5. The van der Waals surface area contributed by atoms with Gasteiger partial charge in [0.1, 0.15) is 0 Å². The van der Waals surface area contributed by atoms with Crippen molar-refractivity contribution in [2.45, 2.75) is 148 Å². The molecule has 0 atom stereocenters. The summed E-state index contributed by atoms with van der Waals surface area (Å²) in [6.07, 6.45) is 25.3. The first kappa shape index (κ1) is 33.2. The lowest BCUT2D eigenvalue weighted by Gasteiger charge is -2.29. The fourth-order valence-corrected chi connectivity index (χ4v) is 6.79. The fourth-order valence-electron chi connectivity index (χ4n) is 6.79. The molecule has 1 aliphatic rings. The molecule has 0 aliphatic heterocycles. The molecule has 1 saturated carbocycles. The van der Waals surface area contributed by atoms with Gasteiger partial charge < -0.3 is 4.74 Å². The quantitative estimate of drug-likeness (QED) is 0.160. The van der Waals surface area contributed by atoms with E-state index in [1.165, 1.54) is 122 Å². The van der Waals surface area contributed by atoms with Crippen LogP contribution in [0.3, 0.4) is 0 Å². The minimum Gasteiger partial charge on any atom is -0.493 e. The van der Waals surface area contributed by atoms with Gasteiger partial charge in [0.25, 0.3) is 0 Å². The molecule has 0 amide bonds. The Balaban J connectivity index is 1.56. The zero-order valence-electron chi connectivity index (χ0n) is 26.4. The summed E-state index contributed by atoms with van der Waals surface area (Å²) < 4.78 is 21.1. The highest BCUT2D eigenvalue weighted by molar-refractivity contribution is 5.77. The number of hydrogen-bond donors (Lipinski definition) is 0. The minimum atomic E-state index is -0.275. The SMILES string of the molecule is CCCCCCCCCc1ccc(-c2ccc(C3CCC(CCCCCCCCC)CC3)cc2C#N)c(OC)c1F. The maximum Gasteiger partial charge on any atom is 0.168 e. The van der Waals surface area contributed by atoms with Crippen LogP contribution in [0.25, 0.3) is 11.1 Å². The first-order chi connectivity index (χ1) is 20.1. The van der Waals surface area contributed by atoms with E-state index in [0.717, 1.165) is 30.7 Å². The lowest BCUT2D eigenvalue weighted by molar-refractivity contribution is 0.302. The van der Waals surface area contributed by atoms with Gasteiger partial charge in [-0.25, -0.2) is 4.39 Å². The molecule has 2 aromatic carbocycles. The van der Waals surface area contributed by atoms with Gasteiger partial charge in [-0.15, -0.1) is 0 Å². The normalized spacial score (nSPS) is 17.0. The van der Waals surface area contributed by atoms with Crippen molar-refractivity contribution in [3.63, 3.8) is 0 Å². The van der Waals surface area contributed by atoms with Crippen molar-refractivity contribution in [1.82, 2.24) is 0 Å². The number of ether oxygens (including phenoxy) is 1. The number of halogens is 1. The second-order valence-electron chi connectivity index (χ2n) is 12.5. The number of unbranched alkanes of at least 4 members (excludes halogenated alkanes) is 12. The van der Waals surface area contributed by atoms with Crippen LogP contribution in [0.15, 0.2) is 30.3 Å². The van der Waals surface area contributed by atoms with Crippen molar-refractivity contribution in [3.8, 4) is 22.9 Å². The van der Waals surface area contributed by atoms with Gasteiger partial charge in [0.15, 0.2) is 11.6 Å². The highest BCUT2D eigenvalue weighted by Gasteiger charge is 2.24. The lowest BCUT2D eigenvalue weighted by Crippen LogP contribution is -2.13. The number of nitrogens with zero attached hydrogens (tertiary/aromatic N) is 1. The monoisotopic (exact) mass is 561 g/mol. The first-order valence-electron chi connectivity index (χ1n) is 17.0. The van der Waals surface area contributed by atoms with Crippen molar-refractivity contribution < 1.29 is 9.13 Å². The topological polar surface area (TPSA) is 33.0 Å². The summed E-state index contributed by atoms with van der Waals surface area (Å²) in [5.41, 5.74) is 4.03. The van der Waals surface area contributed by atoms with Crippen LogP contribution >= 0.6 is 0 Å². The predicted octanol–water partition coefficient (Wildman–Crippen LogP) is 12.1. The van der Waals surface area contributed by atoms with Gasteiger partial charge in [-0.1, -0.05) is 128 Å². The van der Waals surface area contributed by atoms with E-state index in [0.29, 0.717) is 22.6 Å². The highest BCUT2D eigenvalue weighted by Crippen LogP contribution is 2.41. The highest BCUT2D eigenvalue weighted by atomic mass is 19.1. The Kier molecular flexibility index (Phi) is 15.3. The Hall–Kier alpha value is -2.34. The molecular formula is C38H56FNO. The Morgan fingerprint density at radius 3 is 1.95 bits per heavy atom. The molecule has 1 aliphatic carbocycles. The van der Waals surface area contributed by atoms with Crippen molar-refractivity contribution in [2.75, 3.05) is 7.11 Å². The molecule has 2 aromatic rings. The summed E-state index contributed by atoms with van der Waals surface area (Å²) in [5.74, 6) is 1.37. The maximum atomic E-state index is 15.5. The summed E-state index contributed by atoms with van der Waals surface area (Å²) >= 11 is 0. The van der Waals surface area contributed by atoms with Crippen LogP contribution in [-0.2, 0) is 6.42 Å². The molecule has 0 aromatic heterocycles. The Labute approximate surface area is 251 Å². The molecule has 0 unspecified atom stereocenters. The molecule has 41 heavy (non-hydrogen) atoms. The largest absolute Gasteiger partial charge is 0.493 e. The Bertz CT molecular complexity index is 1060. The van der Waals surface area contributed by atoms with Crippen LogP contribution in [0.2, 0.25) is 0 Å². The van der Waals surface area contributed by atoms with Gasteiger partial charge in [-0.05, 0) is 67.6 Å². The van der Waals surface area contributed by atoms with Crippen LogP contribution in [0.1, 0.15) is 158 Å². The van der Waals surface area contributed by atoms with E-state index >= 15 is 4.39 Å². The number of aryl methyl sites for hydroxylation is 1. The molecule has 1 fully saturated rings. The van der Waals surface area contributed by atoms with E-state index in [4.69, 9.17) is 4.74 Å². The third-order valence-electron chi connectivity index (χ3n) is 9.42. The Morgan fingerprint density at radius 1 is 0.756 bits per heavy atom. The van der Waals surface area contributed by atoms with E-state index in [9.17, 15) is 5.26 Å². The number of nitriles is 1. The molecule has 0 N–H and O–H groups in total. The summed E-state index contributed by atoms with van der Waals surface area (Å²) in [5, 5.41) is 10.1. The summed E-state index contributed by atoms with van der Waals surface area (Å²) in [4.78, 5) is 0. The van der Waals surface area contributed by atoms with Crippen molar-refractivity contribution in [2.24, 2.45) is 5.92 Å². The summed E-state index contributed by atoms with van der Waals surface area (Å²) in [6.45, 7) is 4.51. The molecule has 0 bridgehead atoms. The van der Waals surface area contributed by atoms with E-state index in [2.05, 4.69) is 32.0 Å². The predicted molar refractivity (Wildman–Crippen MR) is 172 cm³/mol. The molecule has 0 heterocycles. The molecule has 0 spiro atoms. The van der Waals surface area contributed by atoms with Crippen LogP contribution in [0.4, 0.5) is 4.39 Å². The smallest absolute Gasteiger partial charge is 0.168 e. The zero-order chi connectivity index (χ0) is 29.3. The molecule has 2 nitrogen and oxygen atoms in total. The molecule has 3 heteroatoms.